The van der Waals surface area contributed by atoms with Gasteiger partial charge in [-0.2, -0.15) is 0 Å². The number of nitrogens with zero attached hydrogens (tertiary/aromatic N) is 1. The van der Waals surface area contributed by atoms with Crippen LogP contribution in [0.4, 0.5) is 0 Å². The van der Waals surface area contributed by atoms with Gasteiger partial charge >= 0.3 is 0 Å². The largest absolute Gasteiger partial charge is 0.490 e. The minimum absolute atomic E-state index is 0.451. The minimum Gasteiger partial charge on any atom is -0.490 e. The quantitative estimate of drug-likeness (QED) is 0.356. The lowest BCUT2D eigenvalue weighted by Gasteiger charge is -2.14. The van der Waals surface area contributed by atoms with E-state index in [9.17, 15) is 0 Å². The first-order valence-corrected chi connectivity index (χ1v) is 6.37. The van der Waals surface area contributed by atoms with Crippen LogP contribution in [-0.4, -0.2) is 24.6 Å². The number of hydrogen-bond acceptors (Lipinski definition) is 4. The topological polar surface area (TPSA) is 51.0 Å². The number of benzene rings is 1. The molecule has 0 amide bonds. The summed E-state index contributed by atoms with van der Waals surface area (Å²) in [6.07, 6.45) is 3.31. The lowest BCUT2D eigenvalue weighted by molar-refractivity contribution is 0.273. The summed E-state index contributed by atoms with van der Waals surface area (Å²) in [7, 11) is 0. The summed E-state index contributed by atoms with van der Waals surface area (Å²) in [6.45, 7) is 5.09. The van der Waals surface area contributed by atoms with Crippen LogP contribution in [0.3, 0.4) is 0 Å². The van der Waals surface area contributed by atoms with Crippen molar-refractivity contribution in [3.05, 3.63) is 22.7 Å². The van der Waals surface area contributed by atoms with Gasteiger partial charge in [-0.15, -0.1) is 0 Å². The van der Waals surface area contributed by atoms with Crippen molar-refractivity contribution in [2.75, 3.05) is 13.2 Å². The lowest BCUT2D eigenvalue weighted by Crippen LogP contribution is -2.02. The van der Waals surface area contributed by atoms with Gasteiger partial charge in [0.05, 0.1) is 24.5 Å². The molecule has 0 bridgehead atoms. The van der Waals surface area contributed by atoms with E-state index in [4.69, 9.17) is 26.3 Å². The molecular formula is C13H18ClNO3. The Kier molecular flexibility index (Phi) is 6.36. The molecule has 0 aliphatic rings. The zero-order valence-corrected chi connectivity index (χ0v) is 11.4. The molecule has 0 radical (unpaired) electrons. The SMILES string of the molecule is CCCCOc1c(Cl)cc(C=NO)cc1OCC. The van der Waals surface area contributed by atoms with Crippen molar-refractivity contribution in [1.82, 2.24) is 0 Å². The van der Waals surface area contributed by atoms with Gasteiger partial charge in [0.15, 0.2) is 11.5 Å². The van der Waals surface area contributed by atoms with Crippen LogP contribution in [0.1, 0.15) is 32.3 Å². The molecule has 1 aromatic carbocycles. The van der Waals surface area contributed by atoms with Gasteiger partial charge in [-0.3, -0.25) is 0 Å². The third kappa shape index (κ3) is 4.11. The molecule has 18 heavy (non-hydrogen) atoms. The Labute approximate surface area is 112 Å². The van der Waals surface area contributed by atoms with Gasteiger partial charge in [0, 0.05) is 5.56 Å². The second-order valence-electron chi connectivity index (χ2n) is 3.71. The first-order chi connectivity index (χ1) is 8.72. The molecule has 5 heteroatoms. The van der Waals surface area contributed by atoms with Crippen LogP contribution in [0.25, 0.3) is 0 Å². The maximum atomic E-state index is 8.53. The Balaban J connectivity index is 2.98. The summed E-state index contributed by atoms with van der Waals surface area (Å²) >= 11 is 6.14. The molecule has 0 saturated heterocycles. The maximum absolute atomic E-state index is 8.53. The Hall–Kier alpha value is -1.42. The van der Waals surface area contributed by atoms with Gasteiger partial charge in [0.1, 0.15) is 0 Å². The molecule has 1 N–H and O–H groups in total. The Morgan fingerprint density at radius 3 is 2.72 bits per heavy atom. The number of oxime groups is 1. The first-order valence-electron chi connectivity index (χ1n) is 5.99. The molecule has 1 aromatic rings. The van der Waals surface area contributed by atoms with Crippen LogP contribution >= 0.6 is 11.6 Å². The molecule has 0 fully saturated rings. The van der Waals surface area contributed by atoms with Crippen LogP contribution in [0.5, 0.6) is 11.5 Å². The molecule has 0 heterocycles. The summed E-state index contributed by atoms with van der Waals surface area (Å²) in [6, 6.07) is 3.40. The summed E-state index contributed by atoms with van der Waals surface area (Å²) in [5, 5.41) is 12.0. The van der Waals surface area contributed by atoms with Gasteiger partial charge < -0.3 is 14.7 Å². The molecule has 0 atom stereocenters. The number of halogens is 1. The average Bonchev–Trinajstić information content (AvgIpc) is 2.33. The molecule has 4 nitrogen and oxygen atoms in total. The molecule has 100 valence electrons. The number of ether oxygens (including phenoxy) is 2. The summed E-state index contributed by atoms with van der Waals surface area (Å²) in [5.74, 6) is 1.11. The fourth-order valence-electron chi connectivity index (χ4n) is 1.45. The van der Waals surface area contributed by atoms with Crippen molar-refractivity contribution in [2.45, 2.75) is 26.7 Å². The van der Waals surface area contributed by atoms with Crippen molar-refractivity contribution in [2.24, 2.45) is 5.16 Å². The zero-order valence-electron chi connectivity index (χ0n) is 10.6. The fourth-order valence-corrected chi connectivity index (χ4v) is 1.72. The Bertz CT molecular complexity index is 407. The van der Waals surface area contributed by atoms with Crippen molar-refractivity contribution >= 4 is 17.8 Å². The van der Waals surface area contributed by atoms with E-state index < -0.39 is 0 Å². The second-order valence-corrected chi connectivity index (χ2v) is 4.12. The predicted octanol–water partition coefficient (Wildman–Crippen LogP) is 3.73. The van der Waals surface area contributed by atoms with Gasteiger partial charge in [-0.25, -0.2) is 0 Å². The van der Waals surface area contributed by atoms with Crippen molar-refractivity contribution in [3.63, 3.8) is 0 Å². The summed E-state index contributed by atoms with van der Waals surface area (Å²) in [4.78, 5) is 0. The highest BCUT2D eigenvalue weighted by molar-refractivity contribution is 6.32. The standard InChI is InChI=1S/C13H18ClNO3/c1-3-5-6-18-13-11(14)7-10(9-15-16)8-12(13)17-4-2/h7-9,16H,3-6H2,1-2H3. The highest BCUT2D eigenvalue weighted by Crippen LogP contribution is 2.36. The van der Waals surface area contributed by atoms with Gasteiger partial charge in [0.25, 0.3) is 0 Å². The van der Waals surface area contributed by atoms with Crippen molar-refractivity contribution in [1.29, 1.82) is 0 Å². The summed E-state index contributed by atoms with van der Waals surface area (Å²) in [5.41, 5.74) is 0.661. The van der Waals surface area contributed by atoms with E-state index in [0.29, 0.717) is 35.3 Å². The van der Waals surface area contributed by atoms with E-state index in [1.54, 1.807) is 12.1 Å². The zero-order chi connectivity index (χ0) is 13.4. The Morgan fingerprint density at radius 1 is 1.33 bits per heavy atom. The molecule has 0 aromatic heterocycles. The van der Waals surface area contributed by atoms with Gasteiger partial charge in [-0.05, 0) is 25.5 Å². The Morgan fingerprint density at radius 2 is 2.11 bits per heavy atom. The van der Waals surface area contributed by atoms with Crippen molar-refractivity contribution < 1.29 is 14.7 Å². The third-order valence-electron chi connectivity index (χ3n) is 2.28. The van der Waals surface area contributed by atoms with Crippen LogP contribution in [-0.2, 0) is 0 Å². The molecule has 0 aliphatic heterocycles. The minimum atomic E-state index is 0.451. The van der Waals surface area contributed by atoms with E-state index in [0.717, 1.165) is 12.8 Å². The molecule has 0 aliphatic carbocycles. The fraction of sp³-hybridized carbons (Fsp3) is 0.462. The number of rotatable bonds is 7. The third-order valence-corrected chi connectivity index (χ3v) is 2.56. The predicted molar refractivity (Wildman–Crippen MR) is 72.4 cm³/mol. The van der Waals surface area contributed by atoms with Gasteiger partial charge in [0.2, 0.25) is 0 Å². The molecule has 0 spiro atoms. The van der Waals surface area contributed by atoms with E-state index in [1.807, 2.05) is 6.92 Å². The van der Waals surface area contributed by atoms with Gasteiger partial charge in [-0.1, -0.05) is 30.1 Å². The second kappa shape index (κ2) is 7.82. The van der Waals surface area contributed by atoms with E-state index in [1.165, 1.54) is 6.21 Å². The number of hydrogen-bond donors (Lipinski definition) is 1. The lowest BCUT2D eigenvalue weighted by atomic mass is 10.2. The van der Waals surface area contributed by atoms with Crippen LogP contribution in [0.2, 0.25) is 5.02 Å². The highest BCUT2D eigenvalue weighted by Gasteiger charge is 2.11. The highest BCUT2D eigenvalue weighted by atomic mass is 35.5. The summed E-state index contributed by atoms with van der Waals surface area (Å²) < 4.78 is 11.1. The van der Waals surface area contributed by atoms with Crippen LogP contribution < -0.4 is 9.47 Å². The monoisotopic (exact) mass is 271 g/mol. The number of unbranched alkanes of at least 4 members (excludes halogenated alkanes) is 1. The maximum Gasteiger partial charge on any atom is 0.179 e. The molecular weight excluding hydrogens is 254 g/mol. The normalized spacial score (nSPS) is 10.8. The van der Waals surface area contributed by atoms with E-state index in [2.05, 4.69) is 12.1 Å². The molecule has 0 unspecified atom stereocenters. The van der Waals surface area contributed by atoms with Crippen molar-refractivity contribution in [3.8, 4) is 11.5 Å². The van der Waals surface area contributed by atoms with E-state index >= 15 is 0 Å². The average molecular weight is 272 g/mol. The smallest absolute Gasteiger partial charge is 0.179 e. The molecule has 1 rings (SSSR count). The first kappa shape index (κ1) is 14.6. The van der Waals surface area contributed by atoms with Crippen LogP contribution in [0, 0.1) is 0 Å². The molecule has 0 saturated carbocycles. The van der Waals surface area contributed by atoms with E-state index in [-0.39, 0.29) is 0 Å². The van der Waals surface area contributed by atoms with Crippen LogP contribution in [0.15, 0.2) is 17.3 Å².